The van der Waals surface area contributed by atoms with Crippen LogP contribution in [0.4, 0.5) is 0 Å². The summed E-state index contributed by atoms with van der Waals surface area (Å²) in [4.78, 5) is 9.33. The predicted octanol–water partition coefficient (Wildman–Crippen LogP) is 9.85. The fourth-order valence-corrected chi connectivity index (χ4v) is 7.20. The summed E-state index contributed by atoms with van der Waals surface area (Å²) in [7, 11) is -1.23. The summed E-state index contributed by atoms with van der Waals surface area (Å²) in [6.45, 7) is 11.6. The van der Waals surface area contributed by atoms with Crippen LogP contribution in [0.5, 0.6) is 0 Å². The fraction of sp³-hybridized carbons (Fsp3) is 0.150. The van der Waals surface area contributed by atoms with Gasteiger partial charge in [0.1, 0.15) is 5.58 Å². The van der Waals surface area contributed by atoms with Crippen LogP contribution >= 0.6 is 0 Å². The number of nitrogens with zero attached hydrogens (tertiary/aromatic N) is 2. The smallest absolute Gasteiger partial charge is 0.120 e. The molecule has 0 N–H and O–H groups in total. The maximum atomic E-state index is 6.20. The molecule has 0 aliphatic heterocycles. The van der Waals surface area contributed by atoms with Gasteiger partial charge in [-0.1, -0.05) is 105 Å². The largest absolute Gasteiger partial charge is 0.501 e. The van der Waals surface area contributed by atoms with Crippen LogP contribution in [0.3, 0.4) is 0 Å². The molecular weight excluding hydrogens is 745 g/mol. The Balaban J connectivity index is 0.000000181. The average Bonchev–Trinajstić information content (AvgIpc) is 3.54. The summed E-state index contributed by atoms with van der Waals surface area (Å²) in [6.07, 6.45) is 4.02. The molecule has 45 heavy (non-hydrogen) atoms. The van der Waals surface area contributed by atoms with Crippen molar-refractivity contribution in [1.29, 1.82) is 0 Å². The number of para-hydroxylation sites is 1. The van der Waals surface area contributed by atoms with E-state index in [0.29, 0.717) is 0 Å². The topological polar surface area (TPSA) is 38.9 Å². The molecule has 0 spiro atoms. The molecule has 4 aromatic carbocycles. The molecule has 0 unspecified atom stereocenters. The van der Waals surface area contributed by atoms with E-state index in [0.717, 1.165) is 44.5 Å². The van der Waals surface area contributed by atoms with Gasteiger partial charge in [-0.3, -0.25) is 0 Å². The molecule has 0 fully saturated rings. The van der Waals surface area contributed by atoms with Crippen molar-refractivity contribution in [1.82, 2.24) is 9.97 Å². The molecule has 3 aromatic heterocycles. The Hall–Kier alpha value is -4.15. The number of hydrogen-bond acceptors (Lipinski definition) is 3. The van der Waals surface area contributed by atoms with E-state index in [1.54, 1.807) is 0 Å². The summed E-state index contributed by atoms with van der Waals surface area (Å²) in [5.41, 5.74) is 10.8. The Kier molecular flexibility index (Phi) is 8.21. The molecule has 0 amide bonds. The zero-order chi connectivity index (χ0) is 30.5. The van der Waals surface area contributed by atoms with Gasteiger partial charge in [-0.05, 0) is 39.3 Å². The minimum absolute atomic E-state index is 0. The Labute approximate surface area is 279 Å². The second-order valence-corrected chi connectivity index (χ2v) is 18.0. The van der Waals surface area contributed by atoms with Crippen LogP contribution in [0.2, 0.25) is 19.6 Å². The standard InChI is InChI=1S/C26H18NO.C14H16NSi.Ir/c1-26(2)21-12-5-3-8-16(21)20-15-27-23(14-22(20)26)19-11-7-10-18-17-9-4-6-13-24(17)28-25(18)19;1-16(2,3)13-9-10-14(15-11-13)12-7-5-4-6-8-12;/h3-10,12-15H,1-2H3;4-7,9-11H,1-3H3;/q2*-1;. The van der Waals surface area contributed by atoms with Crippen molar-refractivity contribution in [2.24, 2.45) is 0 Å². The van der Waals surface area contributed by atoms with Crippen LogP contribution in [-0.4, -0.2) is 18.0 Å². The molecule has 1 radical (unpaired) electrons. The monoisotopic (exact) mass is 779 g/mol. The van der Waals surface area contributed by atoms with Gasteiger partial charge in [0.25, 0.3) is 0 Å². The van der Waals surface area contributed by atoms with Crippen molar-refractivity contribution in [2.75, 3.05) is 0 Å². The van der Waals surface area contributed by atoms with E-state index in [4.69, 9.17) is 9.40 Å². The first kappa shape index (κ1) is 30.9. The molecule has 0 saturated carbocycles. The number of benzene rings is 4. The quantitative estimate of drug-likeness (QED) is 0.133. The number of aromatic nitrogens is 2. The number of hydrogen-bond donors (Lipinski definition) is 0. The third kappa shape index (κ3) is 5.61. The summed E-state index contributed by atoms with van der Waals surface area (Å²) >= 11 is 0. The Morgan fingerprint density at radius 3 is 2.18 bits per heavy atom. The zero-order valence-corrected chi connectivity index (χ0v) is 29.5. The van der Waals surface area contributed by atoms with Gasteiger partial charge in [-0.25, -0.2) is 0 Å². The Bertz CT molecular complexity index is 2130. The number of pyridine rings is 2. The van der Waals surface area contributed by atoms with E-state index in [1.165, 1.54) is 27.4 Å². The maximum absolute atomic E-state index is 6.20. The first-order valence-corrected chi connectivity index (χ1v) is 18.6. The van der Waals surface area contributed by atoms with Crippen molar-refractivity contribution in [3.8, 4) is 33.6 Å². The minimum atomic E-state index is -1.23. The van der Waals surface area contributed by atoms with Crippen molar-refractivity contribution >= 4 is 35.2 Å². The molecule has 3 nitrogen and oxygen atoms in total. The van der Waals surface area contributed by atoms with Crippen molar-refractivity contribution in [3.05, 3.63) is 139 Å². The van der Waals surface area contributed by atoms with Gasteiger partial charge in [0.15, 0.2) is 0 Å². The molecule has 5 heteroatoms. The Morgan fingerprint density at radius 2 is 1.42 bits per heavy atom. The van der Waals surface area contributed by atoms with E-state index in [-0.39, 0.29) is 25.5 Å². The molecule has 1 aliphatic carbocycles. The second-order valence-electron chi connectivity index (χ2n) is 12.9. The van der Waals surface area contributed by atoms with Gasteiger partial charge in [0, 0.05) is 48.9 Å². The molecule has 0 atom stereocenters. The van der Waals surface area contributed by atoms with Gasteiger partial charge < -0.3 is 14.4 Å². The number of furan rings is 1. The molecule has 1 aliphatic rings. The van der Waals surface area contributed by atoms with Crippen molar-refractivity contribution in [2.45, 2.75) is 38.9 Å². The van der Waals surface area contributed by atoms with Gasteiger partial charge in [0.2, 0.25) is 0 Å². The Morgan fingerprint density at radius 1 is 0.667 bits per heavy atom. The van der Waals surface area contributed by atoms with Gasteiger partial charge in [-0.2, -0.15) is 0 Å². The van der Waals surface area contributed by atoms with E-state index in [9.17, 15) is 0 Å². The molecule has 0 saturated heterocycles. The number of rotatable bonds is 3. The molecule has 7 aromatic rings. The first-order valence-electron chi connectivity index (χ1n) is 15.1. The first-order chi connectivity index (χ1) is 21.2. The van der Waals surface area contributed by atoms with Gasteiger partial charge in [0.05, 0.1) is 13.7 Å². The normalized spacial score (nSPS) is 13.0. The van der Waals surface area contributed by atoms with Crippen LogP contribution in [0.25, 0.3) is 55.6 Å². The predicted molar refractivity (Wildman–Crippen MR) is 185 cm³/mol. The summed E-state index contributed by atoms with van der Waals surface area (Å²) in [5.74, 6) is 0. The summed E-state index contributed by atoms with van der Waals surface area (Å²) < 4.78 is 6.20. The SMILES string of the molecule is CC1(C)c2ccccc2-c2cnc(-c3[c-]ccc4c3oc3ccccc34)cc21.C[Si](C)(C)c1ccc(-c2[c-]cccc2)nc1.[Ir]. The van der Waals surface area contributed by atoms with Gasteiger partial charge in [-0.15, -0.1) is 54.1 Å². The van der Waals surface area contributed by atoms with Gasteiger partial charge >= 0.3 is 0 Å². The van der Waals surface area contributed by atoms with Crippen LogP contribution in [0.1, 0.15) is 25.0 Å². The van der Waals surface area contributed by atoms with E-state index >= 15 is 0 Å². The van der Waals surface area contributed by atoms with E-state index in [2.05, 4.69) is 105 Å². The van der Waals surface area contributed by atoms with Crippen molar-refractivity contribution in [3.63, 3.8) is 0 Å². The third-order valence-corrected chi connectivity index (χ3v) is 10.7. The second kappa shape index (κ2) is 12.0. The molecule has 8 rings (SSSR count). The average molecular weight is 779 g/mol. The van der Waals surface area contributed by atoms with Crippen LogP contribution in [0, 0.1) is 12.1 Å². The molecular formula is C40H34IrN2OSi-2. The fourth-order valence-electron chi connectivity index (χ4n) is 6.16. The van der Waals surface area contributed by atoms with Crippen LogP contribution in [-0.2, 0) is 25.5 Å². The van der Waals surface area contributed by atoms with Crippen LogP contribution < -0.4 is 5.19 Å². The van der Waals surface area contributed by atoms with E-state index in [1.807, 2.05) is 60.9 Å². The molecule has 225 valence electrons. The van der Waals surface area contributed by atoms with Crippen LogP contribution in [0.15, 0.2) is 120 Å². The summed E-state index contributed by atoms with van der Waals surface area (Å²) in [5, 5.41) is 3.63. The zero-order valence-electron chi connectivity index (χ0n) is 26.1. The minimum Gasteiger partial charge on any atom is -0.501 e. The van der Waals surface area contributed by atoms with E-state index < -0.39 is 8.07 Å². The number of fused-ring (bicyclic) bond motifs is 6. The third-order valence-electron chi connectivity index (χ3n) is 8.68. The molecule has 0 bridgehead atoms. The van der Waals surface area contributed by atoms with Crippen molar-refractivity contribution < 1.29 is 24.5 Å². The maximum Gasteiger partial charge on any atom is 0.120 e. The molecule has 3 heterocycles. The summed E-state index contributed by atoms with van der Waals surface area (Å²) in [6, 6.07) is 41.8.